The van der Waals surface area contributed by atoms with Crippen molar-refractivity contribution in [2.45, 2.75) is 48.1 Å². The lowest BCUT2D eigenvalue weighted by atomic mass is 9.48. The van der Waals surface area contributed by atoms with Crippen LogP contribution in [0.25, 0.3) is 5.69 Å². The predicted octanol–water partition coefficient (Wildman–Crippen LogP) is 4.55. The highest BCUT2D eigenvalue weighted by Gasteiger charge is 2.54. The Morgan fingerprint density at radius 3 is 2.14 bits per heavy atom. The van der Waals surface area contributed by atoms with Crippen LogP contribution in [0, 0.1) is 17.8 Å². The summed E-state index contributed by atoms with van der Waals surface area (Å²) in [5.74, 6) is 2.24. The zero-order valence-corrected chi connectivity index (χ0v) is 22.5. The first kappa shape index (κ1) is 23.6. The number of aromatic nitrogens is 2. The third-order valence-electron chi connectivity index (χ3n) is 9.12. The van der Waals surface area contributed by atoms with Gasteiger partial charge >= 0.3 is 0 Å². The number of hydrogen-bond acceptors (Lipinski definition) is 5. The standard InChI is InChI=1S/C28H32N4O3S2/c33-27(30-8-10-31(11-9-30)37(34,35)25-7-4-12-36-25)24-19-32(23-5-2-1-3-6-23)29-26(24)28-16-20-13-21(17-28)15-22(14-20)18-28/h1-7,12,19-22H,8-11,13-18H2. The summed E-state index contributed by atoms with van der Waals surface area (Å²) < 4.78 is 29.7. The number of para-hydroxylation sites is 1. The van der Waals surface area contributed by atoms with Gasteiger partial charge in [-0.3, -0.25) is 4.79 Å². The Kier molecular flexibility index (Phi) is 5.60. The molecule has 4 aliphatic carbocycles. The molecule has 3 heterocycles. The van der Waals surface area contributed by atoms with Crippen LogP contribution >= 0.6 is 11.3 Å². The summed E-state index contributed by atoms with van der Waals surface area (Å²) in [5.41, 5.74) is 2.64. The maximum absolute atomic E-state index is 14.0. The van der Waals surface area contributed by atoms with E-state index in [-0.39, 0.29) is 11.3 Å². The average molecular weight is 537 g/mol. The molecule has 1 amide bonds. The molecule has 4 bridgehead atoms. The maximum Gasteiger partial charge on any atom is 0.257 e. The van der Waals surface area contributed by atoms with E-state index < -0.39 is 10.0 Å². The molecule has 5 fully saturated rings. The third-order valence-corrected chi connectivity index (χ3v) is 12.4. The number of rotatable bonds is 5. The van der Waals surface area contributed by atoms with Crippen LogP contribution in [-0.2, 0) is 15.4 Å². The molecule has 194 valence electrons. The summed E-state index contributed by atoms with van der Waals surface area (Å²) in [6.07, 6.45) is 9.35. The van der Waals surface area contributed by atoms with E-state index in [9.17, 15) is 13.2 Å². The SMILES string of the molecule is O=C(c1cn(-c2ccccc2)nc1C12CC3CC(CC(C3)C1)C2)N1CCN(S(=O)(=O)c2cccs2)CC1. The first-order chi connectivity index (χ1) is 17.9. The molecule has 0 N–H and O–H groups in total. The van der Waals surface area contributed by atoms with Crippen LogP contribution in [0.5, 0.6) is 0 Å². The highest BCUT2D eigenvalue weighted by Crippen LogP contribution is 2.61. The largest absolute Gasteiger partial charge is 0.336 e. The highest BCUT2D eigenvalue weighted by atomic mass is 32.2. The first-order valence-electron chi connectivity index (χ1n) is 13.4. The molecule has 9 heteroatoms. The summed E-state index contributed by atoms with van der Waals surface area (Å²) in [4.78, 5) is 15.9. The average Bonchev–Trinajstić information content (AvgIpc) is 3.60. The fourth-order valence-corrected chi connectivity index (χ4v) is 10.4. The van der Waals surface area contributed by atoms with Gasteiger partial charge in [0.15, 0.2) is 0 Å². The van der Waals surface area contributed by atoms with Crippen LogP contribution in [0.15, 0.2) is 58.3 Å². The van der Waals surface area contributed by atoms with Gasteiger partial charge in [0.1, 0.15) is 4.21 Å². The van der Waals surface area contributed by atoms with Crippen molar-refractivity contribution in [3.05, 3.63) is 65.3 Å². The van der Waals surface area contributed by atoms with Crippen molar-refractivity contribution >= 4 is 27.3 Å². The summed E-state index contributed by atoms with van der Waals surface area (Å²) in [7, 11) is -3.51. The number of thiophene rings is 1. The number of piperazine rings is 1. The molecule has 1 aliphatic heterocycles. The van der Waals surface area contributed by atoms with Gasteiger partial charge in [-0.1, -0.05) is 24.3 Å². The van der Waals surface area contributed by atoms with E-state index in [0.717, 1.165) is 48.4 Å². The van der Waals surface area contributed by atoms with Gasteiger partial charge in [-0.25, -0.2) is 13.1 Å². The number of hydrogen-bond donors (Lipinski definition) is 0. The smallest absolute Gasteiger partial charge is 0.257 e. The number of nitrogens with zero attached hydrogens (tertiary/aromatic N) is 4. The molecule has 0 unspecified atom stereocenters. The Bertz CT molecular complexity index is 1370. The second-order valence-electron chi connectivity index (χ2n) is 11.5. The van der Waals surface area contributed by atoms with Gasteiger partial charge in [0.25, 0.3) is 15.9 Å². The lowest BCUT2D eigenvalue weighted by molar-refractivity contribution is -0.00789. The van der Waals surface area contributed by atoms with E-state index in [1.807, 2.05) is 46.1 Å². The molecular weight excluding hydrogens is 504 g/mol. The summed E-state index contributed by atoms with van der Waals surface area (Å²) in [6.45, 7) is 1.40. The zero-order valence-electron chi connectivity index (χ0n) is 20.8. The Hall–Kier alpha value is -2.49. The van der Waals surface area contributed by atoms with E-state index in [1.165, 1.54) is 34.9 Å². The predicted molar refractivity (Wildman–Crippen MR) is 142 cm³/mol. The second-order valence-corrected chi connectivity index (χ2v) is 14.6. The Morgan fingerprint density at radius 2 is 1.54 bits per heavy atom. The lowest BCUT2D eigenvalue weighted by Gasteiger charge is -2.56. The monoisotopic (exact) mass is 536 g/mol. The van der Waals surface area contributed by atoms with Crippen molar-refractivity contribution in [3.63, 3.8) is 0 Å². The minimum Gasteiger partial charge on any atom is -0.336 e. The van der Waals surface area contributed by atoms with E-state index in [1.54, 1.807) is 17.5 Å². The van der Waals surface area contributed by atoms with Crippen LogP contribution in [0.3, 0.4) is 0 Å². The summed E-state index contributed by atoms with van der Waals surface area (Å²) in [5, 5.41) is 6.92. The quantitative estimate of drug-likeness (QED) is 0.480. The van der Waals surface area contributed by atoms with Gasteiger partial charge in [-0.05, 0) is 79.9 Å². The molecule has 0 atom stereocenters. The number of sulfonamides is 1. The first-order valence-corrected chi connectivity index (χ1v) is 15.7. The topological polar surface area (TPSA) is 75.5 Å². The number of carbonyl (C=O) groups excluding carboxylic acids is 1. The molecule has 7 nitrogen and oxygen atoms in total. The van der Waals surface area contributed by atoms with Crippen molar-refractivity contribution in [2.75, 3.05) is 26.2 Å². The van der Waals surface area contributed by atoms with Crippen LogP contribution < -0.4 is 0 Å². The van der Waals surface area contributed by atoms with Crippen molar-refractivity contribution in [3.8, 4) is 5.69 Å². The molecule has 37 heavy (non-hydrogen) atoms. The van der Waals surface area contributed by atoms with Gasteiger partial charge < -0.3 is 4.90 Å². The van der Waals surface area contributed by atoms with Crippen molar-refractivity contribution in [1.82, 2.24) is 19.0 Å². The Morgan fingerprint density at radius 1 is 0.892 bits per heavy atom. The van der Waals surface area contributed by atoms with Gasteiger partial charge in [0.05, 0.1) is 16.9 Å². The second kappa shape index (κ2) is 8.78. The van der Waals surface area contributed by atoms with E-state index >= 15 is 0 Å². The lowest BCUT2D eigenvalue weighted by Crippen LogP contribution is -2.52. The Balaban J connectivity index is 1.19. The van der Waals surface area contributed by atoms with Crippen LogP contribution in [0.2, 0.25) is 0 Å². The molecular formula is C28H32N4O3S2. The van der Waals surface area contributed by atoms with Crippen LogP contribution in [0.1, 0.15) is 54.6 Å². The molecule has 0 radical (unpaired) electrons. The van der Waals surface area contributed by atoms with Crippen molar-refractivity contribution < 1.29 is 13.2 Å². The van der Waals surface area contributed by atoms with Gasteiger partial charge in [0, 0.05) is 37.8 Å². The molecule has 0 spiro atoms. The molecule has 2 aromatic heterocycles. The molecule has 3 aromatic rings. The highest BCUT2D eigenvalue weighted by molar-refractivity contribution is 7.91. The fourth-order valence-electron chi connectivity index (χ4n) is 7.88. The molecule has 1 aromatic carbocycles. The molecule has 1 saturated heterocycles. The fraction of sp³-hybridized carbons (Fsp3) is 0.500. The van der Waals surface area contributed by atoms with Crippen LogP contribution in [-0.4, -0.2) is 59.5 Å². The molecule has 4 saturated carbocycles. The van der Waals surface area contributed by atoms with Gasteiger partial charge in [-0.15, -0.1) is 11.3 Å². The third kappa shape index (κ3) is 3.97. The van der Waals surface area contributed by atoms with Gasteiger partial charge in [-0.2, -0.15) is 9.40 Å². The number of benzene rings is 1. The summed E-state index contributed by atoms with van der Waals surface area (Å²) >= 11 is 1.24. The Labute approximate surface area is 222 Å². The van der Waals surface area contributed by atoms with E-state index in [0.29, 0.717) is 36.0 Å². The maximum atomic E-state index is 14.0. The zero-order chi connectivity index (χ0) is 25.2. The minimum absolute atomic E-state index is 0.00982. The molecule has 5 aliphatic rings. The van der Waals surface area contributed by atoms with Crippen LogP contribution in [0.4, 0.5) is 0 Å². The number of carbonyl (C=O) groups is 1. The normalized spacial score (nSPS) is 29.6. The summed E-state index contributed by atoms with van der Waals surface area (Å²) in [6, 6.07) is 13.4. The van der Waals surface area contributed by atoms with Crippen molar-refractivity contribution in [1.29, 1.82) is 0 Å². The van der Waals surface area contributed by atoms with Gasteiger partial charge in [0.2, 0.25) is 0 Å². The van der Waals surface area contributed by atoms with Crippen molar-refractivity contribution in [2.24, 2.45) is 17.8 Å². The molecule has 8 rings (SSSR count). The van der Waals surface area contributed by atoms with E-state index in [2.05, 4.69) is 0 Å². The van der Waals surface area contributed by atoms with E-state index in [4.69, 9.17) is 5.10 Å². The minimum atomic E-state index is -3.51. The number of amides is 1.